The summed E-state index contributed by atoms with van der Waals surface area (Å²) >= 11 is 0. The van der Waals surface area contributed by atoms with E-state index in [0.29, 0.717) is 6.54 Å². The van der Waals surface area contributed by atoms with Crippen LogP contribution in [0.1, 0.15) is 23.7 Å². The van der Waals surface area contributed by atoms with Gasteiger partial charge in [0, 0.05) is 68.6 Å². The molecular weight excluding hydrogens is 617 g/mol. The lowest BCUT2D eigenvalue weighted by atomic mass is 10.1. The van der Waals surface area contributed by atoms with Gasteiger partial charge >= 0.3 is 0 Å². The van der Waals surface area contributed by atoms with Crippen LogP contribution in [0.5, 0.6) is 0 Å². The summed E-state index contributed by atoms with van der Waals surface area (Å²) in [7, 11) is 2.12. The third-order valence-electron chi connectivity index (χ3n) is 7.24. The van der Waals surface area contributed by atoms with Gasteiger partial charge in [0.2, 0.25) is 0 Å². The standard InChI is InChI=1S/C27H33N7.C7H9N.4C2H4/c1-20(2)26-11-13-34-27(31-26)24(18-30-34)21-8-6-9-23(17-21)32(3)15-16-33(14-12-28)19-22-7-4-5-10-25(22)29;1-6-4-2-3-5-7(6)8;4*1-2/h4-11,13,17-18H,1,12,14-16,19,28-29H2,2-3H3;2-5H,8H2,1H3;4*1-2H2. The van der Waals surface area contributed by atoms with Gasteiger partial charge in [0.1, 0.15) is 0 Å². The number of allylic oxidation sites excluding steroid dienone is 1. The van der Waals surface area contributed by atoms with Crippen LogP contribution < -0.4 is 22.1 Å². The highest BCUT2D eigenvalue weighted by Gasteiger charge is 2.13. The van der Waals surface area contributed by atoms with Gasteiger partial charge < -0.3 is 22.1 Å². The smallest absolute Gasteiger partial charge is 0.163 e. The van der Waals surface area contributed by atoms with E-state index in [-0.39, 0.29) is 0 Å². The number of para-hydroxylation sites is 2. The molecule has 0 aliphatic carbocycles. The molecule has 8 heteroatoms. The number of rotatable bonds is 10. The predicted molar refractivity (Wildman–Crippen MR) is 222 cm³/mol. The van der Waals surface area contributed by atoms with E-state index in [2.05, 4.69) is 111 Å². The molecule has 6 N–H and O–H groups in total. The monoisotopic (exact) mass is 674 g/mol. The molecule has 5 rings (SSSR count). The van der Waals surface area contributed by atoms with Crippen molar-refractivity contribution in [3.63, 3.8) is 0 Å². The highest BCUT2D eigenvalue weighted by Crippen LogP contribution is 2.28. The van der Waals surface area contributed by atoms with Crippen LogP contribution in [0.15, 0.2) is 150 Å². The Kier molecular flexibility index (Phi) is 22.4. The van der Waals surface area contributed by atoms with Gasteiger partial charge in [-0.1, -0.05) is 55.1 Å². The summed E-state index contributed by atoms with van der Waals surface area (Å²) in [6, 6.07) is 26.3. The van der Waals surface area contributed by atoms with Crippen LogP contribution in [0.4, 0.5) is 17.1 Å². The summed E-state index contributed by atoms with van der Waals surface area (Å²) < 4.78 is 1.80. The second kappa shape index (κ2) is 25.3. The summed E-state index contributed by atoms with van der Waals surface area (Å²) in [6.45, 7) is 35.9. The molecule has 2 aromatic heterocycles. The molecule has 0 bridgehead atoms. The molecule has 0 aliphatic heterocycles. The van der Waals surface area contributed by atoms with E-state index in [9.17, 15) is 0 Å². The lowest BCUT2D eigenvalue weighted by Gasteiger charge is -2.27. The molecule has 0 spiro atoms. The molecular formula is C42H58N8. The Labute approximate surface area is 301 Å². The fourth-order valence-corrected chi connectivity index (χ4v) is 4.60. The SMILES string of the molecule is C=C.C=C.C=C.C=C.C=C(C)c1ccn2ncc(-c3cccc(N(C)CCN(CCN)Cc4ccccc4N)c3)c2n1.Cc1ccccc1N. The van der Waals surface area contributed by atoms with Crippen LogP contribution in [0.25, 0.3) is 22.3 Å². The average Bonchev–Trinajstić information content (AvgIpc) is 3.60. The van der Waals surface area contributed by atoms with Crippen molar-refractivity contribution in [2.75, 3.05) is 49.6 Å². The Morgan fingerprint density at radius 1 is 0.780 bits per heavy atom. The Morgan fingerprint density at radius 3 is 1.96 bits per heavy atom. The number of fused-ring (bicyclic) bond motifs is 1. The van der Waals surface area contributed by atoms with Gasteiger partial charge in [-0.2, -0.15) is 5.10 Å². The number of nitrogens with two attached hydrogens (primary N) is 3. The van der Waals surface area contributed by atoms with Crippen molar-refractivity contribution >= 4 is 28.3 Å². The van der Waals surface area contributed by atoms with E-state index >= 15 is 0 Å². The van der Waals surface area contributed by atoms with Crippen molar-refractivity contribution in [3.05, 3.63) is 167 Å². The molecule has 266 valence electrons. The molecule has 0 atom stereocenters. The van der Waals surface area contributed by atoms with Gasteiger partial charge in [-0.3, -0.25) is 4.90 Å². The molecule has 2 heterocycles. The number of nitrogens with zero attached hydrogens (tertiary/aromatic N) is 5. The number of aromatic nitrogens is 3. The zero-order valence-corrected chi connectivity index (χ0v) is 30.5. The molecule has 3 aromatic carbocycles. The van der Waals surface area contributed by atoms with Gasteiger partial charge in [0.15, 0.2) is 5.65 Å². The quantitative estimate of drug-likeness (QED) is 0.100. The van der Waals surface area contributed by atoms with Gasteiger partial charge in [-0.15, -0.1) is 52.6 Å². The Balaban J connectivity index is 0.00000127. The number of hydrogen-bond acceptors (Lipinski definition) is 7. The molecule has 0 fully saturated rings. The van der Waals surface area contributed by atoms with Crippen LogP contribution in [-0.2, 0) is 6.54 Å². The molecule has 50 heavy (non-hydrogen) atoms. The van der Waals surface area contributed by atoms with Gasteiger partial charge in [0.25, 0.3) is 0 Å². The molecule has 0 saturated carbocycles. The van der Waals surface area contributed by atoms with Crippen LogP contribution in [0, 0.1) is 6.92 Å². The summed E-state index contributed by atoms with van der Waals surface area (Å²) in [6.07, 6.45) is 3.80. The molecule has 5 aromatic rings. The van der Waals surface area contributed by atoms with E-state index in [1.165, 1.54) is 0 Å². The number of aryl methyl sites for hydroxylation is 1. The van der Waals surface area contributed by atoms with Crippen molar-refractivity contribution in [3.8, 4) is 11.1 Å². The first kappa shape index (κ1) is 44.3. The van der Waals surface area contributed by atoms with Crippen LogP contribution in [-0.4, -0.2) is 52.7 Å². The molecule has 0 amide bonds. The maximum Gasteiger partial charge on any atom is 0.163 e. The summed E-state index contributed by atoms with van der Waals surface area (Å²) in [5, 5.41) is 4.48. The Bertz CT molecular complexity index is 1660. The molecule has 8 nitrogen and oxygen atoms in total. The van der Waals surface area contributed by atoms with Crippen molar-refractivity contribution in [1.82, 2.24) is 19.5 Å². The summed E-state index contributed by atoms with van der Waals surface area (Å²) in [4.78, 5) is 9.38. The van der Waals surface area contributed by atoms with Gasteiger partial charge in [-0.05, 0) is 66.4 Å². The third kappa shape index (κ3) is 13.8. The number of nitrogen functional groups attached to an aromatic ring is 2. The first-order valence-corrected chi connectivity index (χ1v) is 16.2. The highest BCUT2D eigenvalue weighted by molar-refractivity contribution is 5.80. The Hall–Kier alpha value is -5.70. The summed E-state index contributed by atoms with van der Waals surface area (Å²) in [5.74, 6) is 0. The van der Waals surface area contributed by atoms with Crippen LogP contribution in [0.2, 0.25) is 0 Å². The maximum atomic E-state index is 6.16. The van der Waals surface area contributed by atoms with Gasteiger partial charge in [-0.25, -0.2) is 9.50 Å². The highest BCUT2D eigenvalue weighted by atomic mass is 15.2. The van der Waals surface area contributed by atoms with E-state index in [1.807, 2.05) is 74.8 Å². The van der Waals surface area contributed by atoms with Gasteiger partial charge in [0.05, 0.1) is 11.9 Å². The van der Waals surface area contributed by atoms with Crippen LogP contribution >= 0.6 is 0 Å². The largest absolute Gasteiger partial charge is 0.399 e. The molecule has 0 aliphatic rings. The predicted octanol–water partition coefficient (Wildman–Crippen LogP) is 8.69. The number of benzene rings is 3. The minimum absolute atomic E-state index is 0.611. The first-order chi connectivity index (χ1) is 24.3. The number of hydrogen-bond donors (Lipinski definition) is 3. The Morgan fingerprint density at radius 2 is 1.40 bits per heavy atom. The third-order valence-corrected chi connectivity index (χ3v) is 7.24. The molecule has 0 unspecified atom stereocenters. The average molecular weight is 675 g/mol. The minimum atomic E-state index is 0.611. The minimum Gasteiger partial charge on any atom is -0.399 e. The molecule has 0 saturated heterocycles. The fraction of sp³-hybridized carbons (Fsp3) is 0.190. The van der Waals surface area contributed by atoms with Crippen molar-refractivity contribution in [1.29, 1.82) is 0 Å². The van der Waals surface area contributed by atoms with Crippen LogP contribution in [0.3, 0.4) is 0 Å². The van der Waals surface area contributed by atoms with Crippen molar-refractivity contribution in [2.45, 2.75) is 20.4 Å². The lowest BCUT2D eigenvalue weighted by molar-refractivity contribution is 0.280. The number of likely N-dealkylation sites (N-methyl/N-ethyl adjacent to an activating group) is 1. The fourth-order valence-electron chi connectivity index (χ4n) is 4.60. The van der Waals surface area contributed by atoms with E-state index in [1.54, 1.807) is 4.52 Å². The zero-order chi connectivity index (χ0) is 38.1. The topological polar surface area (TPSA) is 115 Å². The van der Waals surface area contributed by atoms with Crippen molar-refractivity contribution < 1.29 is 0 Å². The summed E-state index contributed by atoms with van der Waals surface area (Å²) in [5.41, 5.74) is 27.4. The zero-order valence-electron chi connectivity index (χ0n) is 30.5. The molecule has 0 radical (unpaired) electrons. The maximum absolute atomic E-state index is 6.16. The number of anilines is 3. The van der Waals surface area contributed by atoms with Crippen molar-refractivity contribution in [2.24, 2.45) is 5.73 Å². The second-order valence-electron chi connectivity index (χ2n) is 10.5. The van der Waals surface area contributed by atoms with E-state index in [0.717, 1.165) is 82.4 Å². The lowest BCUT2D eigenvalue weighted by Crippen LogP contribution is -2.36. The normalized spacial score (nSPS) is 9.46. The van der Waals surface area contributed by atoms with E-state index in [4.69, 9.17) is 22.2 Å². The van der Waals surface area contributed by atoms with E-state index < -0.39 is 0 Å². The first-order valence-electron chi connectivity index (χ1n) is 16.2. The second-order valence-corrected chi connectivity index (χ2v) is 10.5.